The summed E-state index contributed by atoms with van der Waals surface area (Å²) < 4.78 is 0. The number of allylic oxidation sites excluding steroid dienone is 2. The van der Waals surface area contributed by atoms with Crippen LogP contribution in [-0.4, -0.2) is 29.1 Å². The second-order valence-corrected chi connectivity index (χ2v) is 4.79. The van der Waals surface area contributed by atoms with Crippen molar-refractivity contribution in [2.24, 2.45) is 11.5 Å². The van der Waals surface area contributed by atoms with Crippen molar-refractivity contribution in [2.75, 3.05) is 13.1 Å². The van der Waals surface area contributed by atoms with Gasteiger partial charge in [-0.15, -0.1) is 0 Å². The first-order valence-corrected chi connectivity index (χ1v) is 6.59. The number of hydrogen-bond acceptors (Lipinski definition) is 4. The van der Waals surface area contributed by atoms with Crippen molar-refractivity contribution < 1.29 is 9.90 Å². The van der Waals surface area contributed by atoms with E-state index in [1.54, 1.807) is 30.4 Å². The van der Waals surface area contributed by atoms with E-state index in [1.165, 1.54) is 6.07 Å². The summed E-state index contributed by atoms with van der Waals surface area (Å²) in [6, 6.07) is 6.53. The molecule has 5 N–H and O–H groups in total. The molecule has 106 valence electrons. The number of carboxylic acid groups (broad SMARTS) is 1. The zero-order valence-corrected chi connectivity index (χ0v) is 11.2. The highest BCUT2D eigenvalue weighted by atomic mass is 16.4. The normalized spacial score (nSPS) is 16.5. The van der Waals surface area contributed by atoms with E-state index in [0.29, 0.717) is 17.1 Å². The molecule has 20 heavy (non-hydrogen) atoms. The molecular weight excluding hydrogens is 254 g/mol. The van der Waals surface area contributed by atoms with Gasteiger partial charge in [-0.2, -0.15) is 0 Å². The number of nitrogens with zero attached hydrogens (tertiary/aromatic N) is 1. The molecule has 2 rings (SSSR count). The fourth-order valence-electron chi connectivity index (χ4n) is 2.18. The third kappa shape index (κ3) is 3.32. The van der Waals surface area contributed by atoms with Crippen molar-refractivity contribution in [1.29, 1.82) is 0 Å². The van der Waals surface area contributed by atoms with E-state index in [4.69, 9.17) is 16.6 Å². The molecule has 0 spiro atoms. The fourth-order valence-corrected chi connectivity index (χ4v) is 2.18. The minimum atomic E-state index is -0.966. The zero-order valence-electron chi connectivity index (χ0n) is 11.2. The topological polar surface area (TPSA) is 92.6 Å². The summed E-state index contributed by atoms with van der Waals surface area (Å²) in [4.78, 5) is 13.0. The minimum absolute atomic E-state index is 0.218. The van der Waals surface area contributed by atoms with Gasteiger partial charge in [-0.05, 0) is 42.7 Å². The maximum absolute atomic E-state index is 10.9. The summed E-state index contributed by atoms with van der Waals surface area (Å²) in [6.07, 6.45) is 5.81. The molecule has 5 heteroatoms. The van der Waals surface area contributed by atoms with Crippen LogP contribution in [0.4, 0.5) is 0 Å². The largest absolute Gasteiger partial charge is 0.478 e. The zero-order chi connectivity index (χ0) is 14.5. The SMILES string of the molecule is N/C(=C\C=C(/N)N1CCCC1)c1cccc(C(=O)O)c1. The fraction of sp³-hybridized carbons (Fsp3) is 0.267. The summed E-state index contributed by atoms with van der Waals surface area (Å²) >= 11 is 0. The smallest absolute Gasteiger partial charge is 0.335 e. The van der Waals surface area contributed by atoms with Crippen LogP contribution in [0.3, 0.4) is 0 Å². The highest BCUT2D eigenvalue weighted by molar-refractivity contribution is 5.88. The number of rotatable bonds is 4. The first-order chi connectivity index (χ1) is 9.58. The molecule has 1 aromatic rings. The minimum Gasteiger partial charge on any atom is -0.478 e. The molecule has 5 nitrogen and oxygen atoms in total. The number of benzene rings is 1. The van der Waals surface area contributed by atoms with Gasteiger partial charge in [0.05, 0.1) is 11.4 Å². The molecule has 1 saturated heterocycles. The molecule has 0 aromatic heterocycles. The van der Waals surface area contributed by atoms with E-state index in [2.05, 4.69) is 4.90 Å². The lowest BCUT2D eigenvalue weighted by Gasteiger charge is -2.16. The Kier molecular flexibility index (Phi) is 4.30. The highest BCUT2D eigenvalue weighted by Crippen LogP contribution is 2.14. The Balaban J connectivity index is 2.15. The third-order valence-electron chi connectivity index (χ3n) is 3.35. The molecule has 0 amide bonds. The van der Waals surface area contributed by atoms with E-state index in [1.807, 2.05) is 0 Å². The van der Waals surface area contributed by atoms with Crippen LogP contribution in [0, 0.1) is 0 Å². The summed E-state index contributed by atoms with van der Waals surface area (Å²) in [6.45, 7) is 1.95. The molecule has 1 fully saturated rings. The summed E-state index contributed by atoms with van der Waals surface area (Å²) in [5.74, 6) is -0.272. The van der Waals surface area contributed by atoms with Crippen molar-refractivity contribution in [2.45, 2.75) is 12.8 Å². The lowest BCUT2D eigenvalue weighted by atomic mass is 10.1. The number of carbonyl (C=O) groups is 1. The van der Waals surface area contributed by atoms with E-state index in [0.717, 1.165) is 25.9 Å². The predicted molar refractivity (Wildman–Crippen MR) is 78.6 cm³/mol. The second-order valence-electron chi connectivity index (χ2n) is 4.79. The maximum Gasteiger partial charge on any atom is 0.335 e. The second kappa shape index (κ2) is 6.14. The van der Waals surface area contributed by atoms with Crippen molar-refractivity contribution in [3.63, 3.8) is 0 Å². The van der Waals surface area contributed by atoms with Gasteiger partial charge in [-0.25, -0.2) is 4.79 Å². The lowest BCUT2D eigenvalue weighted by molar-refractivity contribution is 0.0697. The highest BCUT2D eigenvalue weighted by Gasteiger charge is 2.11. The Morgan fingerprint density at radius 2 is 1.80 bits per heavy atom. The van der Waals surface area contributed by atoms with Gasteiger partial charge >= 0.3 is 5.97 Å². The molecule has 1 aliphatic heterocycles. The number of nitrogens with two attached hydrogens (primary N) is 2. The molecule has 1 heterocycles. The van der Waals surface area contributed by atoms with Gasteiger partial charge in [0.2, 0.25) is 0 Å². The summed E-state index contributed by atoms with van der Waals surface area (Å²) in [5, 5.41) is 8.95. The molecule has 0 aliphatic carbocycles. The number of likely N-dealkylation sites (tertiary alicyclic amines) is 1. The molecule has 0 saturated carbocycles. The van der Waals surface area contributed by atoms with Gasteiger partial charge in [0.15, 0.2) is 0 Å². The Bertz CT molecular complexity index is 558. The van der Waals surface area contributed by atoms with Crippen molar-refractivity contribution in [3.8, 4) is 0 Å². The first-order valence-electron chi connectivity index (χ1n) is 6.59. The van der Waals surface area contributed by atoms with Gasteiger partial charge in [0, 0.05) is 18.8 Å². The van der Waals surface area contributed by atoms with Crippen LogP contribution in [0.1, 0.15) is 28.8 Å². The Morgan fingerprint density at radius 1 is 1.15 bits per heavy atom. The number of hydrogen-bond donors (Lipinski definition) is 3. The molecule has 0 radical (unpaired) electrons. The summed E-state index contributed by atoms with van der Waals surface area (Å²) in [5.41, 5.74) is 13.3. The van der Waals surface area contributed by atoms with Gasteiger partial charge in [-0.1, -0.05) is 12.1 Å². The predicted octanol–water partition coefficient (Wildman–Crippen LogP) is 1.58. The van der Waals surface area contributed by atoms with Crippen molar-refractivity contribution in [3.05, 3.63) is 53.4 Å². The van der Waals surface area contributed by atoms with Crippen LogP contribution in [0.5, 0.6) is 0 Å². The monoisotopic (exact) mass is 273 g/mol. The van der Waals surface area contributed by atoms with Crippen LogP contribution < -0.4 is 11.5 Å². The van der Waals surface area contributed by atoms with Crippen molar-refractivity contribution >= 4 is 11.7 Å². The van der Waals surface area contributed by atoms with Gasteiger partial charge < -0.3 is 21.5 Å². The molecule has 0 atom stereocenters. The van der Waals surface area contributed by atoms with Crippen LogP contribution in [-0.2, 0) is 0 Å². The van der Waals surface area contributed by atoms with E-state index >= 15 is 0 Å². The Morgan fingerprint density at radius 3 is 2.45 bits per heavy atom. The van der Waals surface area contributed by atoms with E-state index < -0.39 is 5.97 Å². The van der Waals surface area contributed by atoms with Crippen LogP contribution in [0.15, 0.2) is 42.2 Å². The Hall–Kier alpha value is -2.43. The van der Waals surface area contributed by atoms with Gasteiger partial charge in [-0.3, -0.25) is 0 Å². The van der Waals surface area contributed by atoms with Crippen LogP contribution >= 0.6 is 0 Å². The van der Waals surface area contributed by atoms with E-state index in [-0.39, 0.29) is 5.56 Å². The number of carboxylic acids is 1. The van der Waals surface area contributed by atoms with Gasteiger partial charge in [0.1, 0.15) is 0 Å². The lowest BCUT2D eigenvalue weighted by Crippen LogP contribution is -2.24. The molecule has 0 bridgehead atoms. The quantitative estimate of drug-likeness (QED) is 0.724. The van der Waals surface area contributed by atoms with Crippen LogP contribution in [0.2, 0.25) is 0 Å². The first kappa shape index (κ1) is 14.0. The number of aromatic carboxylic acids is 1. The Labute approximate surface area is 118 Å². The maximum atomic E-state index is 10.9. The van der Waals surface area contributed by atoms with Crippen molar-refractivity contribution in [1.82, 2.24) is 4.90 Å². The molecular formula is C15H19N3O2. The average Bonchev–Trinajstić information content (AvgIpc) is 2.98. The van der Waals surface area contributed by atoms with Crippen LogP contribution in [0.25, 0.3) is 5.70 Å². The third-order valence-corrected chi connectivity index (χ3v) is 3.35. The van der Waals surface area contributed by atoms with Gasteiger partial charge in [0.25, 0.3) is 0 Å². The summed E-state index contributed by atoms with van der Waals surface area (Å²) in [7, 11) is 0. The molecule has 1 aromatic carbocycles. The average molecular weight is 273 g/mol. The standard InChI is InChI=1S/C15H19N3O2/c16-13(6-7-14(17)18-8-1-2-9-18)11-4-3-5-12(10-11)15(19)20/h3-7,10H,1-2,8-9,16-17H2,(H,19,20)/b13-6-,14-7+. The molecule has 0 unspecified atom stereocenters. The van der Waals surface area contributed by atoms with E-state index in [9.17, 15) is 4.79 Å². The molecule has 1 aliphatic rings.